The quantitative estimate of drug-likeness (QED) is 0.0458. The van der Waals surface area contributed by atoms with Crippen LogP contribution in [0.5, 0.6) is 0 Å². The number of aromatic nitrogens is 6. The van der Waals surface area contributed by atoms with Crippen LogP contribution in [0, 0.1) is 111 Å². The number of anilines is 1. The summed E-state index contributed by atoms with van der Waals surface area (Å²) in [6.45, 7) is 0. The van der Waals surface area contributed by atoms with Crippen molar-refractivity contribution < 1.29 is 64.6 Å². The number of benzene rings is 7. The molecule has 90 heavy (non-hydrogen) atoms. The molecule has 10 aromatic rings. The predicted octanol–water partition coefficient (Wildman–Crippen LogP) is 10.1. The Hall–Kier alpha value is -14.3. The molecule has 0 amide bonds. The number of hydrogen-bond donors (Lipinski definition) is 2. The van der Waals surface area contributed by atoms with Crippen LogP contribution in [0.25, 0.3) is 101 Å². The van der Waals surface area contributed by atoms with E-state index in [4.69, 9.17) is 29.9 Å². The second-order valence-electron chi connectivity index (χ2n) is 18.2. The van der Waals surface area contributed by atoms with Gasteiger partial charge in [-0.3, -0.25) is 122 Å². The lowest BCUT2D eigenvalue weighted by atomic mass is 9.99. The third-order valence-electron chi connectivity index (χ3n) is 13.2. The molecule has 2 N–H and O–H groups in total. The number of hydrogen-bond acceptors (Lipinski definition) is 31. The summed E-state index contributed by atoms with van der Waals surface area (Å²) in [5, 5.41) is 155. The summed E-state index contributed by atoms with van der Waals surface area (Å²) < 4.78 is 0. The molecule has 0 aliphatic rings. The van der Waals surface area contributed by atoms with Crippen molar-refractivity contribution >= 4 is 101 Å². The van der Waals surface area contributed by atoms with E-state index in [1.165, 1.54) is 0 Å². The summed E-state index contributed by atoms with van der Waals surface area (Å²) in [6, 6.07) is 12.9. The lowest BCUT2D eigenvalue weighted by molar-refractivity contribution is -0.422. The number of fused-ring (bicyclic) bond motifs is 6. The van der Waals surface area contributed by atoms with Gasteiger partial charge in [-0.25, -0.2) is 29.9 Å². The van der Waals surface area contributed by atoms with Crippen LogP contribution in [0.15, 0.2) is 109 Å². The van der Waals surface area contributed by atoms with E-state index in [0.29, 0.717) is 72.8 Å². The maximum absolute atomic E-state index is 12.5. The molecule has 42 heteroatoms. The summed E-state index contributed by atoms with van der Waals surface area (Å²) in [7, 11) is 0. The fourth-order valence-electron chi connectivity index (χ4n) is 9.35. The van der Waals surface area contributed by atoms with Crippen molar-refractivity contribution in [3.8, 4) is 67.5 Å². The van der Waals surface area contributed by atoms with Crippen LogP contribution in [0.3, 0.4) is 0 Å². The average Bonchev–Trinajstić information content (AvgIpc) is 0.713. The van der Waals surface area contributed by atoms with E-state index in [-0.39, 0.29) is 0 Å². The van der Waals surface area contributed by atoms with Crippen LogP contribution in [-0.2, 0) is 0 Å². The SMILES string of the molecule is O=[N+]([O-])c1ccc(-c2nc3c(nc2-c2ccc([N+](=O)[O-])c([N+](=O)[O-])c2)c2nc(-c4ccc([N+](=O)[O-])c([N+](=O)[O-])c4)c(-c4ccc([N+](=O)[O-])c([N+](=O)[O-])c4)nc2c2nc(-c4ccc([N+](=O)[O-])c([N+](=O)[O-])c4)c(-c4ccc([N+](=O)[O-])c([N+](=O)[O-])c4)nc32)cc1N(O)O. The molecule has 42 nitrogen and oxygen atoms in total. The van der Waals surface area contributed by atoms with Gasteiger partial charge in [-0.05, 0) is 42.5 Å². The summed E-state index contributed by atoms with van der Waals surface area (Å²) in [4.78, 5) is 151. The van der Waals surface area contributed by atoms with E-state index < -0.39 is 228 Å². The number of nitro benzene ring substituents is 11. The molecule has 446 valence electrons. The first-order valence-corrected chi connectivity index (χ1v) is 24.0. The summed E-state index contributed by atoms with van der Waals surface area (Å²) >= 11 is 0. The molecule has 0 aliphatic heterocycles. The number of nitro groups is 11. The van der Waals surface area contributed by atoms with Crippen LogP contribution < -0.4 is 5.23 Å². The van der Waals surface area contributed by atoms with Crippen molar-refractivity contribution in [3.05, 3.63) is 220 Å². The molecule has 3 heterocycles. The molecular formula is C48H20N18O24. The van der Waals surface area contributed by atoms with Gasteiger partial charge in [0.1, 0.15) is 33.1 Å². The molecule has 0 atom stereocenters. The van der Waals surface area contributed by atoms with Crippen LogP contribution in [-0.4, -0.2) is 94.5 Å². The monoisotopic (exact) mass is 1230 g/mol. The molecule has 0 saturated heterocycles. The van der Waals surface area contributed by atoms with E-state index in [1.54, 1.807) is 0 Å². The Morgan fingerprint density at radius 2 is 0.389 bits per heavy atom. The highest BCUT2D eigenvalue weighted by atomic mass is 16.8. The standard InChI is InChI=1S/C48H20N18O24/c67-55(68)25-7-1-19(13-31(25)61(79)80)37-38(20-2-8-26(56(69)70)32(14-20)62(81)82)50-44-43(49-37)45-47(53-40(22-4-10-28(58(73)74)34(16-22)64(85)86)39(51-45)21-3-9-27(57(71)72)33(15-21)63(83)84)48-46(44)52-41(23-5-11-29(59(75)76)35(17-23)65(87)88)42(54-48)24-6-12-30(60(77)78)36(18-24)66(89)90/h1-18,79-80H. The van der Waals surface area contributed by atoms with Gasteiger partial charge in [0.2, 0.25) is 0 Å². The molecule has 0 bridgehead atoms. The van der Waals surface area contributed by atoms with Gasteiger partial charge in [0.15, 0.2) is 5.69 Å². The number of nitrogens with zero attached hydrogens (tertiary/aromatic N) is 18. The molecule has 0 aliphatic carbocycles. The molecule has 0 unspecified atom stereocenters. The average molecular weight is 1230 g/mol. The van der Waals surface area contributed by atoms with Gasteiger partial charge in [-0.15, -0.1) is 5.23 Å². The largest absolute Gasteiger partial charge is 0.346 e. The van der Waals surface area contributed by atoms with Gasteiger partial charge in [0.25, 0.3) is 5.69 Å². The molecule has 3 aromatic heterocycles. The van der Waals surface area contributed by atoms with Gasteiger partial charge in [-0.2, -0.15) is 0 Å². The second kappa shape index (κ2) is 22.0. The van der Waals surface area contributed by atoms with Crippen molar-refractivity contribution in [3.63, 3.8) is 0 Å². The first-order valence-electron chi connectivity index (χ1n) is 24.0. The summed E-state index contributed by atoms with van der Waals surface area (Å²) in [5.41, 5.74) is -24.5. The van der Waals surface area contributed by atoms with Gasteiger partial charge in [-0.1, -0.05) is 0 Å². The summed E-state index contributed by atoms with van der Waals surface area (Å²) in [5.74, 6) is 0. The van der Waals surface area contributed by atoms with Crippen molar-refractivity contribution in [1.82, 2.24) is 29.9 Å². The zero-order valence-electron chi connectivity index (χ0n) is 43.3. The van der Waals surface area contributed by atoms with E-state index in [1.807, 2.05) is 0 Å². The molecule has 0 saturated carbocycles. The normalized spacial score (nSPS) is 11.1. The van der Waals surface area contributed by atoms with Gasteiger partial charge in [0.05, 0.1) is 88.3 Å². The van der Waals surface area contributed by atoms with E-state index >= 15 is 0 Å². The van der Waals surface area contributed by atoms with Gasteiger partial charge < -0.3 is 0 Å². The Morgan fingerprint density at radius 3 is 0.544 bits per heavy atom. The van der Waals surface area contributed by atoms with Gasteiger partial charge >= 0.3 is 56.9 Å². The molecule has 0 spiro atoms. The Labute approximate surface area is 488 Å². The van der Waals surface area contributed by atoms with Crippen molar-refractivity contribution in [1.29, 1.82) is 0 Å². The smallest absolute Gasteiger partial charge is 0.264 e. The second-order valence-corrected chi connectivity index (χ2v) is 18.2. The minimum Gasteiger partial charge on any atom is -0.264 e. The van der Waals surface area contributed by atoms with Crippen molar-refractivity contribution in [2.45, 2.75) is 0 Å². The minimum absolute atomic E-state index is 0.434. The Kier molecular flexibility index (Phi) is 14.4. The Balaban J connectivity index is 1.51. The third kappa shape index (κ3) is 10.2. The fraction of sp³-hybridized carbons (Fsp3) is 0. The van der Waals surface area contributed by atoms with E-state index in [2.05, 4.69) is 0 Å². The lowest BCUT2D eigenvalue weighted by Gasteiger charge is -2.17. The minimum atomic E-state index is -1.22. The Bertz CT molecular complexity index is 4940. The zero-order chi connectivity index (χ0) is 65.2. The maximum Gasteiger partial charge on any atom is 0.346 e. The van der Waals surface area contributed by atoms with E-state index in [9.17, 15) is 122 Å². The van der Waals surface area contributed by atoms with Crippen molar-refractivity contribution in [2.75, 3.05) is 5.23 Å². The highest BCUT2D eigenvalue weighted by Gasteiger charge is 2.35. The van der Waals surface area contributed by atoms with Crippen LogP contribution in [0.1, 0.15) is 0 Å². The molecule has 10 rings (SSSR count). The van der Waals surface area contributed by atoms with Crippen LogP contribution in [0.4, 0.5) is 68.2 Å². The summed E-state index contributed by atoms with van der Waals surface area (Å²) in [6.07, 6.45) is 0. The predicted molar refractivity (Wildman–Crippen MR) is 298 cm³/mol. The molecule has 0 radical (unpaired) electrons. The lowest BCUT2D eigenvalue weighted by Crippen LogP contribution is -2.13. The highest BCUT2D eigenvalue weighted by Crippen LogP contribution is 2.46. The highest BCUT2D eigenvalue weighted by molar-refractivity contribution is 6.20. The van der Waals surface area contributed by atoms with Gasteiger partial charge in [0, 0.05) is 100 Å². The first-order chi connectivity index (χ1) is 42.6. The third-order valence-corrected chi connectivity index (χ3v) is 13.2. The fourth-order valence-corrected chi connectivity index (χ4v) is 9.35. The maximum atomic E-state index is 12.5. The van der Waals surface area contributed by atoms with E-state index in [0.717, 1.165) is 36.4 Å². The first kappa shape index (κ1) is 58.9. The topological polar surface area (TPSA) is 596 Å². The van der Waals surface area contributed by atoms with Crippen LogP contribution in [0.2, 0.25) is 0 Å². The Morgan fingerprint density at radius 1 is 0.233 bits per heavy atom. The molecule has 0 fully saturated rings. The number of rotatable bonds is 18. The molecule has 7 aromatic carbocycles. The van der Waals surface area contributed by atoms with Crippen LogP contribution >= 0.6 is 0 Å². The van der Waals surface area contributed by atoms with Crippen molar-refractivity contribution in [2.24, 2.45) is 0 Å². The molecular weight excluding hydrogens is 1210 g/mol. The zero-order valence-corrected chi connectivity index (χ0v) is 43.3.